The molecule has 0 atom stereocenters. The van der Waals surface area contributed by atoms with Crippen LogP contribution in [-0.4, -0.2) is 36.4 Å². The molecular weight excluding hydrogens is 490 g/mol. The Kier molecular flexibility index (Phi) is 6.48. The molecule has 2 heterocycles. The summed E-state index contributed by atoms with van der Waals surface area (Å²) in [7, 11) is -2.30. The number of fused-ring (bicyclic) bond motifs is 1. The van der Waals surface area contributed by atoms with Gasteiger partial charge in [-0.05, 0) is 54.6 Å². The van der Waals surface area contributed by atoms with Gasteiger partial charge in [0.25, 0.3) is 15.9 Å². The quantitative estimate of drug-likeness (QED) is 0.323. The second kappa shape index (κ2) is 10.0. The number of benzene rings is 3. The van der Waals surface area contributed by atoms with E-state index in [9.17, 15) is 13.2 Å². The van der Waals surface area contributed by atoms with Crippen molar-refractivity contribution in [1.82, 2.24) is 15.0 Å². The summed E-state index contributed by atoms with van der Waals surface area (Å²) < 4.78 is 32.9. The molecule has 0 fully saturated rings. The second-order valence-electron chi connectivity index (χ2n) is 7.96. The van der Waals surface area contributed by atoms with Gasteiger partial charge in [0.1, 0.15) is 5.75 Å². The van der Waals surface area contributed by atoms with Crippen LogP contribution in [0.2, 0.25) is 0 Å². The monoisotopic (exact) mass is 511 g/mol. The third-order valence-corrected chi connectivity index (χ3v) is 6.88. The molecule has 0 aliphatic carbocycles. The lowest BCUT2D eigenvalue weighted by atomic mass is 10.0. The number of methoxy groups -OCH3 is 1. The number of nitrogens with one attached hydrogen (secondary N) is 2. The van der Waals surface area contributed by atoms with Gasteiger partial charge >= 0.3 is 0 Å². The van der Waals surface area contributed by atoms with Crippen LogP contribution in [0.4, 0.5) is 11.6 Å². The number of amides is 1. The van der Waals surface area contributed by atoms with E-state index in [-0.39, 0.29) is 16.8 Å². The number of sulfonamides is 1. The molecule has 184 valence electrons. The standard InChI is InChI=1S/C27H21N5O4S/c1-36-20-7-4-6-18(16-20)25-17-23(22-8-2-3-9-24(22)31-25)26(33)30-19-10-12-21(13-11-19)37(34,35)32-27-28-14-5-15-29-27/h2-17H,1H3,(H,30,33)(H,28,29,32). The topological polar surface area (TPSA) is 123 Å². The van der Waals surface area contributed by atoms with Gasteiger partial charge in [-0.3, -0.25) is 4.79 Å². The van der Waals surface area contributed by atoms with Crippen molar-refractivity contribution in [1.29, 1.82) is 0 Å². The van der Waals surface area contributed by atoms with E-state index in [1.165, 1.54) is 36.7 Å². The number of hydrogen-bond donors (Lipinski definition) is 2. The molecule has 5 rings (SSSR count). The molecule has 3 aromatic carbocycles. The Morgan fingerprint density at radius 2 is 1.62 bits per heavy atom. The number of rotatable bonds is 7. The number of hydrogen-bond acceptors (Lipinski definition) is 7. The lowest BCUT2D eigenvalue weighted by Gasteiger charge is -2.12. The van der Waals surface area contributed by atoms with E-state index in [0.717, 1.165) is 5.56 Å². The molecule has 0 bridgehead atoms. The van der Waals surface area contributed by atoms with Crippen LogP contribution < -0.4 is 14.8 Å². The first-order valence-electron chi connectivity index (χ1n) is 11.2. The van der Waals surface area contributed by atoms with Gasteiger partial charge in [0.2, 0.25) is 5.95 Å². The third kappa shape index (κ3) is 5.24. The minimum absolute atomic E-state index is 0.00706. The zero-order valence-corrected chi connectivity index (χ0v) is 20.4. The summed E-state index contributed by atoms with van der Waals surface area (Å²) in [6.07, 6.45) is 2.87. The van der Waals surface area contributed by atoms with E-state index in [1.807, 2.05) is 48.5 Å². The predicted octanol–water partition coefficient (Wildman–Crippen LogP) is 4.75. The van der Waals surface area contributed by atoms with Gasteiger partial charge in [-0.15, -0.1) is 0 Å². The molecule has 10 heteroatoms. The average molecular weight is 512 g/mol. The van der Waals surface area contributed by atoms with Crippen LogP contribution in [0, 0.1) is 0 Å². The lowest BCUT2D eigenvalue weighted by Crippen LogP contribution is -2.15. The van der Waals surface area contributed by atoms with Crippen molar-refractivity contribution in [3.8, 4) is 17.0 Å². The van der Waals surface area contributed by atoms with Gasteiger partial charge in [0.15, 0.2) is 0 Å². The van der Waals surface area contributed by atoms with E-state index in [2.05, 4.69) is 20.0 Å². The van der Waals surface area contributed by atoms with Crippen molar-refractivity contribution in [3.05, 3.63) is 103 Å². The maximum Gasteiger partial charge on any atom is 0.264 e. The minimum atomic E-state index is -3.89. The van der Waals surface area contributed by atoms with Gasteiger partial charge in [-0.25, -0.2) is 28.1 Å². The maximum atomic E-state index is 13.3. The Labute approximate surface area is 213 Å². The summed E-state index contributed by atoms with van der Waals surface area (Å²) in [5, 5.41) is 3.54. The van der Waals surface area contributed by atoms with Gasteiger partial charge in [-0.2, -0.15) is 0 Å². The second-order valence-corrected chi connectivity index (χ2v) is 9.64. The smallest absolute Gasteiger partial charge is 0.264 e. The number of para-hydroxylation sites is 1. The zero-order chi connectivity index (χ0) is 25.8. The van der Waals surface area contributed by atoms with Crippen molar-refractivity contribution in [2.24, 2.45) is 0 Å². The number of aromatic nitrogens is 3. The first kappa shape index (κ1) is 23.9. The van der Waals surface area contributed by atoms with Crippen molar-refractivity contribution < 1.29 is 17.9 Å². The summed E-state index contributed by atoms with van der Waals surface area (Å²) in [6, 6.07) is 24.0. The number of carbonyl (C=O) groups excluding carboxylic acids is 1. The summed E-state index contributed by atoms with van der Waals surface area (Å²) in [5.74, 6) is 0.298. The zero-order valence-electron chi connectivity index (χ0n) is 19.6. The van der Waals surface area contributed by atoms with E-state index < -0.39 is 10.0 Å². The number of pyridine rings is 1. The van der Waals surface area contributed by atoms with Gasteiger partial charge in [0, 0.05) is 29.0 Å². The molecule has 5 aromatic rings. The highest BCUT2D eigenvalue weighted by atomic mass is 32.2. The number of ether oxygens (including phenoxy) is 1. The highest BCUT2D eigenvalue weighted by molar-refractivity contribution is 7.92. The van der Waals surface area contributed by atoms with Crippen molar-refractivity contribution >= 4 is 38.5 Å². The SMILES string of the molecule is COc1cccc(-c2cc(C(=O)Nc3ccc(S(=O)(=O)Nc4ncccn4)cc3)c3ccccc3n2)c1. The largest absolute Gasteiger partial charge is 0.497 e. The average Bonchev–Trinajstić information content (AvgIpc) is 2.93. The van der Waals surface area contributed by atoms with Gasteiger partial charge in [-0.1, -0.05) is 30.3 Å². The highest BCUT2D eigenvalue weighted by Gasteiger charge is 2.17. The minimum Gasteiger partial charge on any atom is -0.497 e. The Bertz CT molecular complexity index is 1690. The molecule has 1 amide bonds. The summed E-state index contributed by atoms with van der Waals surface area (Å²) in [6.45, 7) is 0. The van der Waals surface area contributed by atoms with Crippen molar-refractivity contribution in [2.45, 2.75) is 4.90 Å². The fourth-order valence-electron chi connectivity index (χ4n) is 3.74. The molecule has 2 N–H and O–H groups in total. The summed E-state index contributed by atoms with van der Waals surface area (Å²) >= 11 is 0. The van der Waals surface area contributed by atoms with Crippen LogP contribution in [0.25, 0.3) is 22.2 Å². The Hall–Kier alpha value is -4.83. The predicted molar refractivity (Wildman–Crippen MR) is 141 cm³/mol. The Morgan fingerprint density at radius 1 is 0.865 bits per heavy atom. The van der Waals surface area contributed by atoms with E-state index in [1.54, 1.807) is 19.2 Å². The van der Waals surface area contributed by atoms with Crippen LogP contribution in [0.15, 0.2) is 102 Å². The van der Waals surface area contributed by atoms with Crippen LogP contribution in [0.3, 0.4) is 0 Å². The van der Waals surface area contributed by atoms with Gasteiger partial charge in [0.05, 0.1) is 28.8 Å². The molecular formula is C27H21N5O4S. The van der Waals surface area contributed by atoms with Crippen LogP contribution in [0.5, 0.6) is 5.75 Å². The molecule has 0 aliphatic heterocycles. The molecule has 9 nitrogen and oxygen atoms in total. The molecule has 0 aliphatic rings. The fourth-order valence-corrected chi connectivity index (χ4v) is 4.70. The van der Waals surface area contributed by atoms with E-state index in [4.69, 9.17) is 9.72 Å². The summed E-state index contributed by atoms with van der Waals surface area (Å²) in [4.78, 5) is 25.8. The van der Waals surface area contributed by atoms with E-state index in [0.29, 0.717) is 33.6 Å². The highest BCUT2D eigenvalue weighted by Crippen LogP contribution is 2.28. The molecule has 0 spiro atoms. The lowest BCUT2D eigenvalue weighted by molar-refractivity contribution is 0.102. The van der Waals surface area contributed by atoms with Crippen LogP contribution in [-0.2, 0) is 10.0 Å². The normalized spacial score (nSPS) is 11.2. The third-order valence-electron chi connectivity index (χ3n) is 5.54. The fraction of sp³-hybridized carbons (Fsp3) is 0.0370. The number of anilines is 2. The van der Waals surface area contributed by atoms with E-state index >= 15 is 0 Å². The van der Waals surface area contributed by atoms with Crippen molar-refractivity contribution in [2.75, 3.05) is 17.1 Å². The summed E-state index contributed by atoms with van der Waals surface area (Å²) in [5.41, 5.74) is 2.97. The van der Waals surface area contributed by atoms with Gasteiger partial charge < -0.3 is 10.1 Å². The molecule has 0 saturated carbocycles. The molecule has 37 heavy (non-hydrogen) atoms. The molecule has 0 saturated heterocycles. The molecule has 0 radical (unpaired) electrons. The Balaban J connectivity index is 1.42. The van der Waals surface area contributed by atoms with Crippen molar-refractivity contribution in [3.63, 3.8) is 0 Å². The molecule has 0 unspecified atom stereocenters. The van der Waals surface area contributed by atoms with Crippen LogP contribution >= 0.6 is 0 Å². The molecule has 2 aromatic heterocycles. The maximum absolute atomic E-state index is 13.3. The number of carbonyl (C=O) groups is 1. The first-order valence-corrected chi connectivity index (χ1v) is 12.7. The van der Waals surface area contributed by atoms with Crippen LogP contribution in [0.1, 0.15) is 10.4 Å². The first-order chi connectivity index (χ1) is 17.9. The Morgan fingerprint density at radius 3 is 2.38 bits per heavy atom. The number of nitrogens with zero attached hydrogens (tertiary/aromatic N) is 3.